The molecule has 282 valence electrons. The number of nitrogens with one attached hydrogen (secondary N) is 4. The first-order chi connectivity index (χ1) is 23.0. The summed E-state index contributed by atoms with van der Waals surface area (Å²) in [5, 5.41) is 12.8. The number of nitrogens with zero attached hydrogens (tertiary/aromatic N) is 2. The fourth-order valence-corrected chi connectivity index (χ4v) is 9.14. The number of amides is 5. The van der Waals surface area contributed by atoms with Crippen molar-refractivity contribution in [2.45, 2.75) is 117 Å². The lowest BCUT2D eigenvalue weighted by Crippen LogP contribution is -2.62. The number of urea groups is 1. The van der Waals surface area contributed by atoms with Gasteiger partial charge in [0.1, 0.15) is 16.3 Å². The monoisotopic (exact) mass is 738 g/mol. The van der Waals surface area contributed by atoms with Gasteiger partial charge in [0.2, 0.25) is 17.6 Å². The molecule has 0 radical (unpaired) electrons. The number of hydrogen-bond donors (Lipinski definition) is 4. The number of likely N-dealkylation sites (N-methyl/N-ethyl adjacent to an activating group) is 2. The summed E-state index contributed by atoms with van der Waals surface area (Å²) in [4.78, 5) is 69.1. The number of carbonyl (C=O) groups excluding carboxylic acids is 5. The standard InChI is InChI=1S/C35H58N6O7S2/c1-12-14-16-22(27(42)30(44)36-13-2)37-29(43)26-25-21(35(25,9)10)19-41(26)31(45)28(34(6,7)8)39-32(46)38-23(33(3,4)5)20-40(11)50(47,48)24-17-15-18-49-24/h15,17-18,21-23,25-26,28H,12-14,16,19-20H2,1-11H3,(H,36,44)(H,37,43)(H2,38,39,46)/t21-,22?,23+,25-,26-,28+/m0/s1. The third-order valence-electron chi connectivity index (χ3n) is 10.1. The van der Waals surface area contributed by atoms with Gasteiger partial charge in [0.15, 0.2) is 0 Å². The van der Waals surface area contributed by atoms with E-state index in [1.807, 2.05) is 62.3 Å². The Morgan fingerprint density at radius 3 is 2.18 bits per heavy atom. The van der Waals surface area contributed by atoms with Crippen molar-refractivity contribution in [3.63, 3.8) is 0 Å². The van der Waals surface area contributed by atoms with E-state index in [1.54, 1.807) is 18.4 Å². The zero-order valence-electron chi connectivity index (χ0n) is 31.5. The van der Waals surface area contributed by atoms with Crippen molar-refractivity contribution in [3.8, 4) is 0 Å². The minimum atomic E-state index is -3.77. The Morgan fingerprint density at radius 2 is 1.66 bits per heavy atom. The van der Waals surface area contributed by atoms with E-state index in [0.29, 0.717) is 19.4 Å². The topological polar surface area (TPSA) is 174 Å². The summed E-state index contributed by atoms with van der Waals surface area (Å²) < 4.78 is 27.7. The number of rotatable bonds is 15. The first-order valence-corrected chi connectivity index (χ1v) is 19.8. The van der Waals surface area contributed by atoms with Crippen LogP contribution in [0.2, 0.25) is 0 Å². The van der Waals surface area contributed by atoms with Crippen molar-refractivity contribution >= 4 is 50.9 Å². The van der Waals surface area contributed by atoms with Gasteiger partial charge in [-0.1, -0.05) is 81.2 Å². The van der Waals surface area contributed by atoms with Crippen molar-refractivity contribution in [3.05, 3.63) is 17.5 Å². The quantitative estimate of drug-likeness (QED) is 0.200. The van der Waals surface area contributed by atoms with Gasteiger partial charge in [-0.15, -0.1) is 11.3 Å². The summed E-state index contributed by atoms with van der Waals surface area (Å²) in [7, 11) is -2.30. The van der Waals surface area contributed by atoms with E-state index in [1.165, 1.54) is 22.3 Å². The van der Waals surface area contributed by atoms with E-state index < -0.39 is 74.6 Å². The molecule has 2 heterocycles. The van der Waals surface area contributed by atoms with E-state index in [0.717, 1.165) is 17.8 Å². The van der Waals surface area contributed by atoms with Crippen LogP contribution in [0.3, 0.4) is 0 Å². The molecule has 50 heavy (non-hydrogen) atoms. The highest BCUT2D eigenvalue weighted by Gasteiger charge is 2.70. The van der Waals surface area contributed by atoms with Gasteiger partial charge in [-0.25, -0.2) is 13.2 Å². The van der Waals surface area contributed by atoms with Gasteiger partial charge >= 0.3 is 6.03 Å². The van der Waals surface area contributed by atoms with Gasteiger partial charge in [-0.05, 0) is 52.9 Å². The number of likely N-dealkylation sites (tertiary alicyclic amines) is 1. The van der Waals surface area contributed by atoms with Crippen LogP contribution in [0, 0.1) is 28.1 Å². The second-order valence-corrected chi connectivity index (χ2v) is 19.6. The number of unbranched alkanes of at least 4 members (excludes halogenated alkanes) is 1. The molecule has 1 aromatic rings. The first kappa shape index (κ1) is 41.4. The third kappa shape index (κ3) is 9.24. The van der Waals surface area contributed by atoms with Gasteiger partial charge in [0, 0.05) is 32.7 Å². The van der Waals surface area contributed by atoms with Crippen LogP contribution in [-0.4, -0.2) is 98.0 Å². The number of thiophene rings is 1. The second kappa shape index (κ2) is 15.7. The van der Waals surface area contributed by atoms with Gasteiger partial charge in [-0.3, -0.25) is 19.2 Å². The molecular weight excluding hydrogens is 681 g/mol. The van der Waals surface area contributed by atoms with Gasteiger partial charge in [0.25, 0.3) is 15.9 Å². The lowest BCUT2D eigenvalue weighted by atomic mass is 9.85. The number of sulfonamides is 1. The molecule has 1 saturated carbocycles. The molecule has 1 aliphatic heterocycles. The average molecular weight is 739 g/mol. The number of piperidine rings is 1. The van der Waals surface area contributed by atoms with Crippen molar-refractivity contribution in [1.82, 2.24) is 30.5 Å². The maximum atomic E-state index is 14.4. The lowest BCUT2D eigenvalue weighted by Gasteiger charge is -2.39. The number of ketones is 1. The predicted octanol–water partition coefficient (Wildman–Crippen LogP) is 3.36. The maximum Gasteiger partial charge on any atom is 0.315 e. The Labute approximate surface area is 302 Å². The fraction of sp³-hybridized carbons (Fsp3) is 0.743. The SMILES string of the molecule is CCCCC(NC(=O)[C@@H]1[C@@H]2[C@H](CN1C(=O)[C@@H](NC(=O)N[C@H](CN(C)S(=O)(=O)c1cccs1)C(C)(C)C)C(C)(C)C)C2(C)C)C(=O)C(=O)NCC. The fourth-order valence-electron chi connectivity index (χ4n) is 6.75. The largest absolute Gasteiger partial charge is 0.350 e. The summed E-state index contributed by atoms with van der Waals surface area (Å²) in [5.41, 5.74) is -1.53. The molecule has 13 nitrogen and oxygen atoms in total. The summed E-state index contributed by atoms with van der Waals surface area (Å²) in [6.45, 7) is 19.5. The van der Waals surface area contributed by atoms with Crippen molar-refractivity contribution in [2.24, 2.45) is 28.1 Å². The molecule has 15 heteroatoms. The molecule has 2 aliphatic rings. The number of fused-ring (bicyclic) bond motifs is 1. The zero-order chi connectivity index (χ0) is 38.0. The van der Waals surface area contributed by atoms with Gasteiger partial charge in [0.05, 0.1) is 6.04 Å². The van der Waals surface area contributed by atoms with Crippen molar-refractivity contribution < 1.29 is 32.4 Å². The minimum absolute atomic E-state index is 0.00764. The Morgan fingerprint density at radius 1 is 1.02 bits per heavy atom. The molecule has 5 amide bonds. The maximum absolute atomic E-state index is 14.4. The number of carbonyl (C=O) groups is 5. The minimum Gasteiger partial charge on any atom is -0.350 e. The average Bonchev–Trinajstić information content (AvgIpc) is 3.47. The number of hydrogen-bond acceptors (Lipinski definition) is 8. The van der Waals surface area contributed by atoms with Crippen LogP contribution in [0.5, 0.6) is 0 Å². The second-order valence-electron chi connectivity index (χ2n) is 16.4. The molecule has 3 rings (SSSR count). The number of Topliss-reactive ketones (excluding diaryl/α,β-unsaturated/α-hetero) is 1. The van der Waals surface area contributed by atoms with E-state index in [4.69, 9.17) is 0 Å². The first-order valence-electron chi connectivity index (χ1n) is 17.5. The predicted molar refractivity (Wildman–Crippen MR) is 194 cm³/mol. The van der Waals surface area contributed by atoms with Gasteiger partial charge < -0.3 is 26.2 Å². The summed E-state index contributed by atoms with van der Waals surface area (Å²) in [6, 6.07) is -1.02. The third-order valence-corrected chi connectivity index (χ3v) is 13.3. The van der Waals surface area contributed by atoms with Crippen LogP contribution >= 0.6 is 11.3 Å². The molecule has 2 fully saturated rings. The molecule has 0 spiro atoms. The Balaban J connectivity index is 1.83. The summed E-state index contributed by atoms with van der Waals surface area (Å²) in [5.74, 6) is -2.50. The van der Waals surface area contributed by atoms with E-state index >= 15 is 0 Å². The van der Waals surface area contributed by atoms with E-state index in [9.17, 15) is 32.4 Å². The summed E-state index contributed by atoms with van der Waals surface area (Å²) >= 11 is 1.11. The van der Waals surface area contributed by atoms with Crippen LogP contribution in [0.25, 0.3) is 0 Å². The normalized spacial score (nSPS) is 21.8. The molecule has 6 atom stereocenters. The lowest BCUT2D eigenvalue weighted by molar-refractivity contribution is -0.145. The van der Waals surface area contributed by atoms with Crippen LogP contribution in [0.15, 0.2) is 21.7 Å². The van der Waals surface area contributed by atoms with Crippen molar-refractivity contribution in [1.29, 1.82) is 0 Å². The highest BCUT2D eigenvalue weighted by atomic mass is 32.2. The molecule has 0 bridgehead atoms. The Hall–Kier alpha value is -3.04. The van der Waals surface area contributed by atoms with Crippen LogP contribution in [0.1, 0.15) is 88.5 Å². The molecule has 1 unspecified atom stereocenters. The molecule has 1 aliphatic carbocycles. The van der Waals surface area contributed by atoms with Gasteiger partial charge in [-0.2, -0.15) is 4.31 Å². The Bertz CT molecular complexity index is 1510. The molecule has 0 aromatic carbocycles. The van der Waals surface area contributed by atoms with Crippen LogP contribution < -0.4 is 21.3 Å². The molecule has 1 aromatic heterocycles. The smallest absolute Gasteiger partial charge is 0.315 e. The zero-order valence-corrected chi connectivity index (χ0v) is 33.1. The van der Waals surface area contributed by atoms with E-state index in [2.05, 4.69) is 21.3 Å². The highest BCUT2D eigenvalue weighted by molar-refractivity contribution is 7.91. The molecule has 4 N–H and O–H groups in total. The molecule has 1 saturated heterocycles. The highest BCUT2D eigenvalue weighted by Crippen LogP contribution is 2.65. The van der Waals surface area contributed by atoms with Crippen LogP contribution in [0.4, 0.5) is 4.79 Å². The Kier molecular flexibility index (Phi) is 13.0. The summed E-state index contributed by atoms with van der Waals surface area (Å²) in [6.07, 6.45) is 1.68. The molecular formula is C35H58N6O7S2. The van der Waals surface area contributed by atoms with Crippen molar-refractivity contribution in [2.75, 3.05) is 26.7 Å². The van der Waals surface area contributed by atoms with Crippen LogP contribution in [-0.2, 0) is 29.2 Å². The van der Waals surface area contributed by atoms with E-state index in [-0.39, 0.29) is 34.5 Å².